The van der Waals surface area contributed by atoms with Crippen LogP contribution in [0.5, 0.6) is 17.2 Å². The molecule has 0 unspecified atom stereocenters. The van der Waals surface area contributed by atoms with E-state index in [1.54, 1.807) is 24.3 Å². The number of ether oxygens (including phenoxy) is 3. The Hall–Kier alpha value is -3.21. The zero-order valence-electron chi connectivity index (χ0n) is 14.4. The number of hydrogen-bond donors (Lipinski definition) is 0. The van der Waals surface area contributed by atoms with Gasteiger partial charge in [-0.3, -0.25) is 4.79 Å². The Labute approximate surface area is 150 Å². The largest absolute Gasteiger partial charge is 0.489 e. The maximum Gasteiger partial charge on any atom is 0.200 e. The minimum absolute atomic E-state index is 0.102. The molecular weight excluding hydrogens is 332 g/mol. The minimum atomic E-state index is -0.102. The molecule has 0 saturated carbocycles. The Bertz CT molecular complexity index is 1050. The van der Waals surface area contributed by atoms with Gasteiger partial charge in [-0.05, 0) is 42.3 Å². The van der Waals surface area contributed by atoms with Crippen molar-refractivity contribution in [2.45, 2.75) is 6.92 Å². The third-order valence-corrected chi connectivity index (χ3v) is 4.08. The van der Waals surface area contributed by atoms with Gasteiger partial charge in [-0.25, -0.2) is 0 Å². The van der Waals surface area contributed by atoms with E-state index in [0.717, 1.165) is 11.1 Å². The predicted molar refractivity (Wildman–Crippen MR) is 99.2 cm³/mol. The van der Waals surface area contributed by atoms with Crippen LogP contribution in [0.2, 0.25) is 0 Å². The molecule has 1 aromatic heterocycles. The molecule has 5 nitrogen and oxygen atoms in total. The van der Waals surface area contributed by atoms with Crippen molar-refractivity contribution in [1.82, 2.24) is 0 Å². The fraction of sp³-hybridized carbons (Fsp3) is 0.190. The first kappa shape index (κ1) is 16.3. The van der Waals surface area contributed by atoms with Crippen LogP contribution in [0.4, 0.5) is 0 Å². The lowest BCUT2D eigenvalue weighted by molar-refractivity contribution is 0.171. The van der Waals surface area contributed by atoms with Crippen LogP contribution >= 0.6 is 0 Å². The summed E-state index contributed by atoms with van der Waals surface area (Å²) in [5, 5.41) is 0.500. The molecule has 0 spiro atoms. The van der Waals surface area contributed by atoms with Crippen LogP contribution in [0.1, 0.15) is 6.92 Å². The molecule has 0 atom stereocenters. The summed E-state index contributed by atoms with van der Waals surface area (Å²) in [6.07, 6.45) is 1.47. The van der Waals surface area contributed by atoms with E-state index < -0.39 is 0 Å². The maximum absolute atomic E-state index is 12.9. The normalized spacial score (nSPS) is 12.8. The van der Waals surface area contributed by atoms with Crippen LogP contribution in [0, 0.1) is 0 Å². The number of benzene rings is 2. The highest BCUT2D eigenvalue weighted by molar-refractivity contribution is 5.83. The lowest BCUT2D eigenvalue weighted by atomic mass is 10.0. The van der Waals surface area contributed by atoms with Gasteiger partial charge >= 0.3 is 0 Å². The van der Waals surface area contributed by atoms with Crippen molar-refractivity contribution < 1.29 is 18.6 Å². The summed E-state index contributed by atoms with van der Waals surface area (Å²) in [5.41, 5.74) is 2.50. The van der Waals surface area contributed by atoms with Crippen LogP contribution in [-0.4, -0.2) is 19.8 Å². The highest BCUT2D eigenvalue weighted by Gasteiger charge is 2.15. The van der Waals surface area contributed by atoms with E-state index in [0.29, 0.717) is 53.6 Å². The summed E-state index contributed by atoms with van der Waals surface area (Å²) in [6, 6.07) is 10.6. The van der Waals surface area contributed by atoms with Gasteiger partial charge in [0.25, 0.3) is 0 Å². The van der Waals surface area contributed by atoms with Gasteiger partial charge in [0.1, 0.15) is 37.4 Å². The van der Waals surface area contributed by atoms with Crippen LogP contribution in [0.15, 0.2) is 64.0 Å². The summed E-state index contributed by atoms with van der Waals surface area (Å²) in [5.74, 6) is 1.96. The first-order chi connectivity index (χ1) is 12.6. The molecule has 0 fully saturated rings. The van der Waals surface area contributed by atoms with E-state index in [2.05, 4.69) is 6.58 Å². The molecule has 2 aromatic carbocycles. The van der Waals surface area contributed by atoms with Gasteiger partial charge in [0, 0.05) is 6.07 Å². The molecule has 0 bridgehead atoms. The Kier molecular flexibility index (Phi) is 4.13. The molecule has 3 aromatic rings. The number of hydrogen-bond acceptors (Lipinski definition) is 5. The molecule has 5 heteroatoms. The zero-order chi connectivity index (χ0) is 18.1. The Morgan fingerprint density at radius 3 is 2.73 bits per heavy atom. The molecule has 0 aliphatic carbocycles. The lowest BCUT2D eigenvalue weighted by Crippen LogP contribution is -2.15. The second kappa shape index (κ2) is 6.59. The molecule has 0 saturated heterocycles. The summed E-state index contributed by atoms with van der Waals surface area (Å²) in [4.78, 5) is 12.9. The van der Waals surface area contributed by atoms with Crippen molar-refractivity contribution in [3.05, 3.63) is 65.0 Å². The molecular formula is C21H18O5. The molecule has 2 heterocycles. The predicted octanol–water partition coefficient (Wildman–Crippen LogP) is 4.19. The standard InChI is InChI=1S/C21H18O5/c1-13(2)11-25-15-4-5-16-19(10-15)26-12-17(21(16)22)14-3-6-18-20(9-14)24-8-7-23-18/h3-6,9-10,12H,1,7-8,11H2,2H3. The number of rotatable bonds is 4. The SMILES string of the molecule is C=C(C)COc1ccc2c(=O)c(-c3ccc4c(c3)OCCO4)coc2c1. The van der Waals surface area contributed by atoms with Crippen LogP contribution < -0.4 is 19.6 Å². The topological polar surface area (TPSA) is 57.9 Å². The molecule has 1 aliphatic rings. The van der Waals surface area contributed by atoms with E-state index in [4.69, 9.17) is 18.6 Å². The average molecular weight is 350 g/mol. The fourth-order valence-electron chi connectivity index (χ4n) is 2.82. The highest BCUT2D eigenvalue weighted by Crippen LogP contribution is 2.34. The maximum atomic E-state index is 12.9. The van der Waals surface area contributed by atoms with Gasteiger partial charge in [-0.2, -0.15) is 0 Å². The summed E-state index contributed by atoms with van der Waals surface area (Å²) in [6.45, 7) is 7.14. The molecule has 132 valence electrons. The molecule has 0 amide bonds. The lowest BCUT2D eigenvalue weighted by Gasteiger charge is -2.18. The van der Waals surface area contributed by atoms with Crippen molar-refractivity contribution in [1.29, 1.82) is 0 Å². The zero-order valence-corrected chi connectivity index (χ0v) is 14.4. The molecule has 0 N–H and O–H groups in total. The van der Waals surface area contributed by atoms with Crippen molar-refractivity contribution in [2.24, 2.45) is 0 Å². The van der Waals surface area contributed by atoms with Crippen molar-refractivity contribution in [2.75, 3.05) is 19.8 Å². The van der Waals surface area contributed by atoms with Crippen LogP contribution in [0.25, 0.3) is 22.1 Å². The van der Waals surface area contributed by atoms with Gasteiger partial charge < -0.3 is 18.6 Å². The fourth-order valence-corrected chi connectivity index (χ4v) is 2.82. The van der Waals surface area contributed by atoms with Gasteiger partial charge in [0.15, 0.2) is 16.9 Å². The summed E-state index contributed by atoms with van der Waals surface area (Å²) >= 11 is 0. The van der Waals surface area contributed by atoms with Gasteiger partial charge in [0.05, 0.1) is 10.9 Å². The highest BCUT2D eigenvalue weighted by atomic mass is 16.6. The third kappa shape index (κ3) is 3.04. The van der Waals surface area contributed by atoms with E-state index in [-0.39, 0.29) is 5.43 Å². The molecule has 0 radical (unpaired) electrons. The smallest absolute Gasteiger partial charge is 0.200 e. The molecule has 26 heavy (non-hydrogen) atoms. The second-order valence-corrected chi connectivity index (χ2v) is 6.24. The van der Waals surface area contributed by atoms with Crippen molar-refractivity contribution in [3.63, 3.8) is 0 Å². The first-order valence-corrected chi connectivity index (χ1v) is 8.34. The first-order valence-electron chi connectivity index (χ1n) is 8.34. The van der Waals surface area contributed by atoms with E-state index >= 15 is 0 Å². The van der Waals surface area contributed by atoms with E-state index in [1.807, 2.05) is 19.1 Å². The Morgan fingerprint density at radius 2 is 1.92 bits per heavy atom. The third-order valence-electron chi connectivity index (χ3n) is 4.08. The summed E-state index contributed by atoms with van der Waals surface area (Å²) < 4.78 is 22.4. The van der Waals surface area contributed by atoms with Crippen molar-refractivity contribution in [3.8, 4) is 28.4 Å². The van der Waals surface area contributed by atoms with Gasteiger partial charge in [0.2, 0.25) is 0 Å². The van der Waals surface area contributed by atoms with E-state index in [9.17, 15) is 4.79 Å². The monoisotopic (exact) mass is 350 g/mol. The molecule has 1 aliphatic heterocycles. The number of fused-ring (bicyclic) bond motifs is 2. The minimum Gasteiger partial charge on any atom is -0.489 e. The van der Waals surface area contributed by atoms with Crippen LogP contribution in [0.3, 0.4) is 0 Å². The second-order valence-electron chi connectivity index (χ2n) is 6.24. The van der Waals surface area contributed by atoms with Gasteiger partial charge in [-0.15, -0.1) is 0 Å². The molecule has 4 rings (SSSR count). The van der Waals surface area contributed by atoms with Gasteiger partial charge in [-0.1, -0.05) is 12.6 Å². The Morgan fingerprint density at radius 1 is 1.12 bits per heavy atom. The van der Waals surface area contributed by atoms with E-state index in [1.165, 1.54) is 6.26 Å². The van der Waals surface area contributed by atoms with Crippen LogP contribution in [-0.2, 0) is 0 Å². The quantitative estimate of drug-likeness (QED) is 0.661. The Balaban J connectivity index is 1.73. The van der Waals surface area contributed by atoms with Crippen molar-refractivity contribution >= 4 is 11.0 Å². The average Bonchev–Trinajstić information content (AvgIpc) is 2.66. The summed E-state index contributed by atoms with van der Waals surface area (Å²) in [7, 11) is 0.